The van der Waals surface area contributed by atoms with Gasteiger partial charge >= 0.3 is 0 Å². The second-order valence-electron chi connectivity index (χ2n) is 4.66. The van der Waals surface area contributed by atoms with Crippen LogP contribution < -0.4 is 10.6 Å². The maximum absolute atomic E-state index is 5.74. The Bertz CT molecular complexity index is 496. The number of benzene rings is 1. The highest BCUT2D eigenvalue weighted by Crippen LogP contribution is 2.17. The molecule has 0 aliphatic carbocycles. The molecule has 1 aromatic heterocycles. The molecule has 19 heavy (non-hydrogen) atoms. The first kappa shape index (κ1) is 13.4. The Morgan fingerprint density at radius 1 is 1.05 bits per heavy atom. The maximum atomic E-state index is 5.74. The van der Waals surface area contributed by atoms with Gasteiger partial charge in [-0.1, -0.05) is 37.6 Å². The molecule has 0 spiro atoms. The van der Waals surface area contributed by atoms with Gasteiger partial charge in [0.2, 0.25) is 0 Å². The lowest BCUT2D eigenvalue weighted by Crippen LogP contribution is -2.24. The highest BCUT2D eigenvalue weighted by atomic mass is 15.1. The van der Waals surface area contributed by atoms with Gasteiger partial charge in [-0.15, -0.1) is 0 Å². The lowest BCUT2D eigenvalue weighted by molar-refractivity contribution is 0.708. The van der Waals surface area contributed by atoms with Crippen LogP contribution in [0.3, 0.4) is 0 Å². The second kappa shape index (κ2) is 6.78. The number of nitrogen functional groups attached to an aromatic ring is 1. The summed E-state index contributed by atoms with van der Waals surface area (Å²) in [6, 6.07) is 16.3. The molecule has 0 aliphatic rings. The normalized spacial score (nSPS) is 10.4. The van der Waals surface area contributed by atoms with E-state index in [4.69, 9.17) is 5.73 Å². The lowest BCUT2D eigenvalue weighted by Gasteiger charge is -2.24. The molecule has 1 heterocycles. The average molecular weight is 255 g/mol. The van der Waals surface area contributed by atoms with Crippen LogP contribution in [0.15, 0.2) is 48.5 Å². The zero-order valence-corrected chi connectivity index (χ0v) is 11.4. The molecule has 0 saturated heterocycles. The van der Waals surface area contributed by atoms with Gasteiger partial charge in [-0.05, 0) is 30.7 Å². The van der Waals surface area contributed by atoms with Gasteiger partial charge in [0.1, 0.15) is 5.82 Å². The Morgan fingerprint density at radius 2 is 1.84 bits per heavy atom. The first-order valence-corrected chi connectivity index (χ1v) is 6.81. The van der Waals surface area contributed by atoms with Crippen molar-refractivity contribution in [3.8, 4) is 0 Å². The number of anilines is 2. The Labute approximate surface area is 115 Å². The van der Waals surface area contributed by atoms with E-state index in [2.05, 4.69) is 41.1 Å². The summed E-state index contributed by atoms with van der Waals surface area (Å²) in [6.45, 7) is 4.05. The standard InChI is InChI=1S/C16H21N3/c1-2-3-12-19(15-9-5-4-6-10-15)13-14-8-7-11-16(17)18-14/h4-11H,2-3,12-13H2,1H3,(H2,17,18). The van der Waals surface area contributed by atoms with Gasteiger partial charge in [0.15, 0.2) is 0 Å². The zero-order valence-electron chi connectivity index (χ0n) is 11.4. The summed E-state index contributed by atoms with van der Waals surface area (Å²) >= 11 is 0. The summed E-state index contributed by atoms with van der Waals surface area (Å²) in [6.07, 6.45) is 2.37. The Hall–Kier alpha value is -2.03. The molecule has 1 aromatic carbocycles. The maximum Gasteiger partial charge on any atom is 0.123 e. The van der Waals surface area contributed by atoms with Crippen LogP contribution in [-0.4, -0.2) is 11.5 Å². The Kier molecular flexibility index (Phi) is 4.78. The molecule has 0 atom stereocenters. The van der Waals surface area contributed by atoms with Crippen LogP contribution in [0.25, 0.3) is 0 Å². The van der Waals surface area contributed by atoms with Crippen LogP contribution in [0, 0.1) is 0 Å². The fourth-order valence-corrected chi connectivity index (χ4v) is 2.07. The van der Waals surface area contributed by atoms with Crippen molar-refractivity contribution in [3.63, 3.8) is 0 Å². The minimum atomic E-state index is 0.584. The number of hydrogen-bond donors (Lipinski definition) is 1. The van der Waals surface area contributed by atoms with Gasteiger partial charge in [-0.25, -0.2) is 4.98 Å². The number of nitrogens with zero attached hydrogens (tertiary/aromatic N) is 2. The lowest BCUT2D eigenvalue weighted by atomic mass is 10.2. The minimum absolute atomic E-state index is 0.584. The van der Waals surface area contributed by atoms with E-state index < -0.39 is 0 Å². The first-order chi connectivity index (χ1) is 9.29. The molecular formula is C16H21N3. The van der Waals surface area contributed by atoms with Gasteiger partial charge in [0, 0.05) is 12.2 Å². The first-order valence-electron chi connectivity index (χ1n) is 6.81. The van der Waals surface area contributed by atoms with E-state index in [1.54, 1.807) is 0 Å². The van der Waals surface area contributed by atoms with E-state index in [1.807, 2.05) is 24.3 Å². The summed E-state index contributed by atoms with van der Waals surface area (Å²) in [7, 11) is 0. The van der Waals surface area contributed by atoms with Gasteiger partial charge in [0.05, 0.1) is 12.2 Å². The number of unbranched alkanes of at least 4 members (excludes halogenated alkanes) is 1. The summed E-state index contributed by atoms with van der Waals surface area (Å²) in [4.78, 5) is 6.74. The molecule has 0 saturated carbocycles. The van der Waals surface area contributed by atoms with Gasteiger partial charge in [0.25, 0.3) is 0 Å². The Morgan fingerprint density at radius 3 is 2.53 bits per heavy atom. The second-order valence-corrected chi connectivity index (χ2v) is 4.66. The molecule has 0 amide bonds. The van der Waals surface area contributed by atoms with Gasteiger partial charge in [-0.2, -0.15) is 0 Å². The SMILES string of the molecule is CCCCN(Cc1cccc(N)n1)c1ccccc1. The highest BCUT2D eigenvalue weighted by molar-refractivity contribution is 5.46. The number of pyridine rings is 1. The van der Waals surface area contributed by atoms with Gasteiger partial charge in [-0.3, -0.25) is 0 Å². The van der Waals surface area contributed by atoms with Crippen LogP contribution >= 0.6 is 0 Å². The summed E-state index contributed by atoms with van der Waals surface area (Å²) < 4.78 is 0. The molecule has 2 aromatic rings. The zero-order chi connectivity index (χ0) is 13.5. The molecule has 0 aliphatic heterocycles. The smallest absolute Gasteiger partial charge is 0.123 e. The molecule has 3 heteroatoms. The molecule has 0 bridgehead atoms. The van der Waals surface area contributed by atoms with Crippen molar-refractivity contribution in [2.24, 2.45) is 0 Å². The van der Waals surface area contributed by atoms with Crippen LogP contribution in [0.2, 0.25) is 0 Å². The largest absolute Gasteiger partial charge is 0.384 e. The predicted octanol–water partition coefficient (Wildman–Crippen LogP) is 3.47. The van der Waals surface area contributed by atoms with Gasteiger partial charge < -0.3 is 10.6 Å². The van der Waals surface area contributed by atoms with E-state index in [0.29, 0.717) is 5.82 Å². The summed E-state index contributed by atoms with van der Waals surface area (Å²) in [5.74, 6) is 0.584. The molecule has 0 radical (unpaired) electrons. The van der Waals surface area contributed by atoms with Crippen LogP contribution in [0.1, 0.15) is 25.5 Å². The number of aromatic nitrogens is 1. The Balaban J connectivity index is 2.14. The summed E-state index contributed by atoms with van der Waals surface area (Å²) in [5, 5.41) is 0. The van der Waals surface area contributed by atoms with Crippen molar-refractivity contribution in [3.05, 3.63) is 54.2 Å². The topological polar surface area (TPSA) is 42.1 Å². The number of rotatable bonds is 6. The molecule has 0 unspecified atom stereocenters. The molecule has 0 fully saturated rings. The number of para-hydroxylation sites is 1. The number of nitrogens with two attached hydrogens (primary N) is 1. The quantitative estimate of drug-likeness (QED) is 0.859. The van der Waals surface area contributed by atoms with Crippen LogP contribution in [0.5, 0.6) is 0 Å². The van der Waals surface area contributed by atoms with Crippen molar-refractivity contribution in [1.82, 2.24) is 4.98 Å². The molecular weight excluding hydrogens is 234 g/mol. The molecule has 2 N–H and O–H groups in total. The van der Waals surface area contributed by atoms with E-state index in [0.717, 1.165) is 18.8 Å². The third kappa shape index (κ3) is 3.98. The van der Waals surface area contributed by atoms with Crippen molar-refractivity contribution < 1.29 is 0 Å². The monoisotopic (exact) mass is 255 g/mol. The molecule has 3 nitrogen and oxygen atoms in total. The third-order valence-corrected chi connectivity index (χ3v) is 3.08. The fourth-order valence-electron chi connectivity index (χ4n) is 2.07. The van der Waals surface area contributed by atoms with Crippen molar-refractivity contribution in [2.45, 2.75) is 26.3 Å². The third-order valence-electron chi connectivity index (χ3n) is 3.08. The van der Waals surface area contributed by atoms with Crippen LogP contribution in [-0.2, 0) is 6.54 Å². The highest BCUT2D eigenvalue weighted by Gasteiger charge is 2.07. The number of hydrogen-bond acceptors (Lipinski definition) is 3. The minimum Gasteiger partial charge on any atom is -0.384 e. The van der Waals surface area contributed by atoms with E-state index in [9.17, 15) is 0 Å². The average Bonchev–Trinajstić information content (AvgIpc) is 2.44. The van der Waals surface area contributed by atoms with Crippen molar-refractivity contribution in [2.75, 3.05) is 17.2 Å². The molecule has 2 rings (SSSR count). The van der Waals surface area contributed by atoms with Crippen molar-refractivity contribution >= 4 is 11.5 Å². The predicted molar refractivity (Wildman–Crippen MR) is 81.0 cm³/mol. The van der Waals surface area contributed by atoms with E-state index >= 15 is 0 Å². The van der Waals surface area contributed by atoms with Crippen molar-refractivity contribution in [1.29, 1.82) is 0 Å². The fraction of sp³-hybridized carbons (Fsp3) is 0.312. The molecule has 100 valence electrons. The van der Waals surface area contributed by atoms with E-state index in [-0.39, 0.29) is 0 Å². The summed E-state index contributed by atoms with van der Waals surface area (Å²) in [5.41, 5.74) is 7.99. The van der Waals surface area contributed by atoms with Crippen LogP contribution in [0.4, 0.5) is 11.5 Å². The van der Waals surface area contributed by atoms with E-state index in [1.165, 1.54) is 18.5 Å².